The molecule has 16 heavy (non-hydrogen) atoms. The lowest BCUT2D eigenvalue weighted by atomic mass is 10.4. The molecule has 0 bridgehead atoms. The Morgan fingerprint density at radius 2 is 2.44 bits per heavy atom. The van der Waals surface area contributed by atoms with Crippen LogP contribution >= 0.6 is 0 Å². The lowest BCUT2D eigenvalue weighted by molar-refractivity contribution is 0.718. The third kappa shape index (κ3) is 2.10. The topological polar surface area (TPSA) is 75.6 Å². The van der Waals surface area contributed by atoms with Gasteiger partial charge in [0.25, 0.3) is 5.56 Å². The summed E-state index contributed by atoms with van der Waals surface area (Å²) in [6, 6.07) is 0. The fourth-order valence-electron chi connectivity index (χ4n) is 1.38. The zero-order valence-electron chi connectivity index (χ0n) is 8.97. The molecular formula is C10H13N5O. The van der Waals surface area contributed by atoms with E-state index in [2.05, 4.69) is 20.3 Å². The monoisotopic (exact) mass is 219 g/mol. The maximum atomic E-state index is 11.8. The number of hydrogen-bond donors (Lipinski definition) is 2. The first-order chi connectivity index (χ1) is 7.81. The molecule has 0 aliphatic carbocycles. The van der Waals surface area contributed by atoms with Crippen molar-refractivity contribution in [2.24, 2.45) is 0 Å². The molecule has 0 aromatic carbocycles. The SMILES string of the molecule is CCn1ccnc(NCc2cnc[nH]2)c1=O. The van der Waals surface area contributed by atoms with E-state index in [4.69, 9.17) is 0 Å². The molecule has 0 spiro atoms. The predicted molar refractivity (Wildman–Crippen MR) is 60.1 cm³/mol. The van der Waals surface area contributed by atoms with Gasteiger partial charge in [0.2, 0.25) is 0 Å². The first kappa shape index (κ1) is 10.4. The van der Waals surface area contributed by atoms with Gasteiger partial charge in [-0.3, -0.25) is 4.79 Å². The van der Waals surface area contributed by atoms with Crippen molar-refractivity contribution in [3.8, 4) is 0 Å². The minimum Gasteiger partial charge on any atom is -0.360 e. The number of nitrogens with zero attached hydrogens (tertiary/aromatic N) is 3. The van der Waals surface area contributed by atoms with Gasteiger partial charge in [0.05, 0.1) is 18.6 Å². The quantitative estimate of drug-likeness (QED) is 0.789. The normalized spacial score (nSPS) is 10.3. The van der Waals surface area contributed by atoms with E-state index in [-0.39, 0.29) is 5.56 Å². The number of aromatic nitrogens is 4. The zero-order chi connectivity index (χ0) is 11.4. The smallest absolute Gasteiger partial charge is 0.293 e. The Morgan fingerprint density at radius 3 is 3.12 bits per heavy atom. The molecule has 0 radical (unpaired) electrons. The second kappa shape index (κ2) is 4.61. The average Bonchev–Trinajstić information content (AvgIpc) is 2.81. The highest BCUT2D eigenvalue weighted by Gasteiger charge is 2.03. The van der Waals surface area contributed by atoms with Crippen molar-refractivity contribution < 1.29 is 0 Å². The fraction of sp³-hybridized carbons (Fsp3) is 0.300. The number of aryl methyl sites for hydroxylation is 1. The van der Waals surface area contributed by atoms with Gasteiger partial charge in [0.1, 0.15) is 0 Å². The second-order valence-corrected chi connectivity index (χ2v) is 3.30. The van der Waals surface area contributed by atoms with Gasteiger partial charge in [-0.1, -0.05) is 0 Å². The molecule has 2 aromatic heterocycles. The first-order valence-electron chi connectivity index (χ1n) is 5.08. The highest BCUT2D eigenvalue weighted by Crippen LogP contribution is 1.97. The summed E-state index contributed by atoms with van der Waals surface area (Å²) < 4.78 is 1.60. The van der Waals surface area contributed by atoms with Crippen LogP contribution in [0.25, 0.3) is 0 Å². The lowest BCUT2D eigenvalue weighted by Crippen LogP contribution is -2.23. The molecule has 2 N–H and O–H groups in total. The Bertz CT molecular complexity index is 502. The molecule has 0 saturated carbocycles. The molecule has 0 saturated heterocycles. The minimum absolute atomic E-state index is 0.107. The standard InChI is InChI=1S/C10H13N5O/c1-2-15-4-3-12-9(10(15)16)13-6-8-5-11-7-14-8/h3-5,7H,2,6H2,1H3,(H,11,14)(H,12,13). The summed E-state index contributed by atoms with van der Waals surface area (Å²) in [5.74, 6) is 0.360. The Hall–Kier alpha value is -2.11. The van der Waals surface area contributed by atoms with Crippen LogP contribution in [0.3, 0.4) is 0 Å². The molecule has 2 heterocycles. The number of hydrogen-bond acceptors (Lipinski definition) is 4. The van der Waals surface area contributed by atoms with E-state index in [9.17, 15) is 4.79 Å². The van der Waals surface area contributed by atoms with Crippen molar-refractivity contribution in [2.75, 3.05) is 5.32 Å². The predicted octanol–water partition coefficient (Wildman–Crippen LogP) is 0.598. The van der Waals surface area contributed by atoms with Gasteiger partial charge in [-0.2, -0.15) is 0 Å². The third-order valence-electron chi connectivity index (χ3n) is 2.26. The van der Waals surface area contributed by atoms with E-state index in [0.29, 0.717) is 18.9 Å². The molecular weight excluding hydrogens is 206 g/mol. The fourth-order valence-corrected chi connectivity index (χ4v) is 1.38. The highest BCUT2D eigenvalue weighted by molar-refractivity contribution is 5.31. The maximum Gasteiger partial charge on any atom is 0.293 e. The van der Waals surface area contributed by atoms with Gasteiger partial charge >= 0.3 is 0 Å². The van der Waals surface area contributed by atoms with Crippen LogP contribution in [0.15, 0.2) is 29.7 Å². The van der Waals surface area contributed by atoms with Gasteiger partial charge in [-0.25, -0.2) is 9.97 Å². The van der Waals surface area contributed by atoms with Crippen LogP contribution in [-0.2, 0) is 13.1 Å². The molecule has 0 amide bonds. The number of imidazole rings is 1. The molecule has 6 nitrogen and oxygen atoms in total. The van der Waals surface area contributed by atoms with E-state index >= 15 is 0 Å². The van der Waals surface area contributed by atoms with E-state index in [1.54, 1.807) is 29.5 Å². The lowest BCUT2D eigenvalue weighted by Gasteiger charge is -2.05. The Labute approximate surface area is 92.4 Å². The van der Waals surface area contributed by atoms with E-state index < -0.39 is 0 Å². The van der Waals surface area contributed by atoms with Gasteiger partial charge in [0.15, 0.2) is 5.82 Å². The third-order valence-corrected chi connectivity index (χ3v) is 2.26. The number of aromatic amines is 1. The number of H-pyrrole nitrogens is 1. The van der Waals surface area contributed by atoms with Crippen molar-refractivity contribution in [3.63, 3.8) is 0 Å². The second-order valence-electron chi connectivity index (χ2n) is 3.30. The first-order valence-corrected chi connectivity index (χ1v) is 5.08. The molecule has 0 aliphatic rings. The van der Waals surface area contributed by atoms with Gasteiger partial charge in [-0.05, 0) is 6.92 Å². The van der Waals surface area contributed by atoms with Gasteiger partial charge in [0, 0.05) is 25.1 Å². The van der Waals surface area contributed by atoms with Crippen LogP contribution in [0.4, 0.5) is 5.82 Å². The molecule has 2 aromatic rings. The number of rotatable bonds is 4. The van der Waals surface area contributed by atoms with Crippen LogP contribution in [0, 0.1) is 0 Å². The summed E-state index contributed by atoms with van der Waals surface area (Å²) in [6.07, 6.45) is 6.58. The van der Waals surface area contributed by atoms with Crippen molar-refractivity contribution in [3.05, 3.63) is 41.0 Å². The summed E-state index contributed by atoms with van der Waals surface area (Å²) in [6.45, 7) is 3.07. The Kier molecular flexibility index (Phi) is 3.00. The summed E-state index contributed by atoms with van der Waals surface area (Å²) in [4.78, 5) is 22.6. The summed E-state index contributed by atoms with van der Waals surface area (Å²) >= 11 is 0. The van der Waals surface area contributed by atoms with Crippen molar-refractivity contribution in [1.82, 2.24) is 19.5 Å². The molecule has 0 fully saturated rings. The van der Waals surface area contributed by atoms with E-state index in [1.807, 2.05) is 6.92 Å². The molecule has 2 rings (SSSR count). The Morgan fingerprint density at radius 1 is 1.56 bits per heavy atom. The van der Waals surface area contributed by atoms with Gasteiger partial charge < -0.3 is 14.9 Å². The molecule has 0 aliphatic heterocycles. The number of anilines is 1. The Balaban J connectivity index is 2.13. The van der Waals surface area contributed by atoms with Crippen LogP contribution in [0.1, 0.15) is 12.6 Å². The van der Waals surface area contributed by atoms with E-state index in [1.165, 1.54) is 0 Å². The van der Waals surface area contributed by atoms with Crippen LogP contribution in [-0.4, -0.2) is 19.5 Å². The summed E-state index contributed by atoms with van der Waals surface area (Å²) in [5, 5.41) is 2.97. The molecule has 0 unspecified atom stereocenters. The highest BCUT2D eigenvalue weighted by atomic mass is 16.1. The van der Waals surface area contributed by atoms with Crippen LogP contribution in [0.5, 0.6) is 0 Å². The van der Waals surface area contributed by atoms with Gasteiger partial charge in [-0.15, -0.1) is 0 Å². The number of nitrogens with one attached hydrogen (secondary N) is 2. The van der Waals surface area contributed by atoms with Crippen molar-refractivity contribution >= 4 is 5.82 Å². The molecule has 84 valence electrons. The van der Waals surface area contributed by atoms with Crippen LogP contribution < -0.4 is 10.9 Å². The average molecular weight is 219 g/mol. The van der Waals surface area contributed by atoms with Crippen molar-refractivity contribution in [1.29, 1.82) is 0 Å². The maximum absolute atomic E-state index is 11.8. The summed E-state index contributed by atoms with van der Waals surface area (Å²) in [5.41, 5.74) is 0.803. The molecule has 6 heteroatoms. The van der Waals surface area contributed by atoms with Crippen molar-refractivity contribution in [2.45, 2.75) is 20.0 Å². The molecule has 0 atom stereocenters. The van der Waals surface area contributed by atoms with E-state index in [0.717, 1.165) is 5.69 Å². The largest absolute Gasteiger partial charge is 0.360 e. The van der Waals surface area contributed by atoms with Crippen LogP contribution in [0.2, 0.25) is 0 Å². The summed E-state index contributed by atoms with van der Waals surface area (Å²) in [7, 11) is 0. The zero-order valence-corrected chi connectivity index (χ0v) is 8.97. The minimum atomic E-state index is -0.107.